The summed E-state index contributed by atoms with van der Waals surface area (Å²) < 4.78 is 19.2. The highest BCUT2D eigenvalue weighted by Gasteiger charge is 2.40. The van der Waals surface area contributed by atoms with Gasteiger partial charge in [0.05, 0.1) is 17.5 Å². The molecule has 4 aromatic rings. The van der Waals surface area contributed by atoms with E-state index in [1.54, 1.807) is 28.8 Å². The Balaban J connectivity index is 1.37. The maximum atomic E-state index is 12.9. The molecule has 0 bridgehead atoms. The lowest BCUT2D eigenvalue weighted by atomic mass is 10.1. The molecule has 1 aliphatic heterocycles. The Bertz CT molecular complexity index is 1460. The van der Waals surface area contributed by atoms with Gasteiger partial charge in [-0.05, 0) is 49.7 Å². The van der Waals surface area contributed by atoms with Crippen LogP contribution in [0.15, 0.2) is 54.9 Å². The Kier molecular flexibility index (Phi) is 7.10. The Labute approximate surface area is 222 Å². The van der Waals surface area contributed by atoms with Crippen molar-refractivity contribution in [1.29, 1.82) is 0 Å². The molecule has 2 aromatic heterocycles. The summed E-state index contributed by atoms with van der Waals surface area (Å²) in [4.78, 5) is 37.9. The van der Waals surface area contributed by atoms with Crippen molar-refractivity contribution in [2.45, 2.75) is 38.7 Å². The normalized spacial score (nSPS) is 19.2. The lowest BCUT2D eigenvalue weighted by molar-refractivity contribution is -0.0563. The SMILES string of the molecule is Cc1ccc(C(=O)OCC2OC(n3cnc4c(Cl)nc(Cl)nc43)CC2OC(=O)c2ccc(C)cc2)cc1. The van der Waals surface area contributed by atoms with E-state index in [1.807, 2.05) is 38.1 Å². The summed E-state index contributed by atoms with van der Waals surface area (Å²) in [5.41, 5.74) is 3.60. The second-order valence-electron chi connectivity index (χ2n) is 8.75. The van der Waals surface area contributed by atoms with Crippen LogP contribution in [0.25, 0.3) is 11.2 Å². The van der Waals surface area contributed by atoms with Crippen molar-refractivity contribution >= 4 is 46.3 Å². The number of nitrogens with zero attached hydrogens (tertiary/aromatic N) is 4. The Morgan fingerprint density at radius 3 is 2.24 bits per heavy atom. The molecule has 190 valence electrons. The topological polar surface area (TPSA) is 105 Å². The van der Waals surface area contributed by atoms with Crippen LogP contribution < -0.4 is 0 Å². The second kappa shape index (κ2) is 10.5. The van der Waals surface area contributed by atoms with Crippen LogP contribution in [0.1, 0.15) is 44.5 Å². The number of carbonyl (C=O) groups is 2. The minimum Gasteiger partial charge on any atom is -0.459 e. The largest absolute Gasteiger partial charge is 0.459 e. The summed E-state index contributed by atoms with van der Waals surface area (Å²) in [6, 6.07) is 14.1. The maximum absolute atomic E-state index is 12.9. The predicted octanol–water partition coefficient (Wildman–Crippen LogP) is 5.12. The first-order chi connectivity index (χ1) is 17.8. The average molecular weight is 541 g/mol. The van der Waals surface area contributed by atoms with E-state index in [2.05, 4.69) is 15.0 Å². The molecule has 0 aliphatic carbocycles. The molecule has 1 fully saturated rings. The fourth-order valence-electron chi connectivity index (χ4n) is 4.04. The van der Waals surface area contributed by atoms with Crippen LogP contribution >= 0.6 is 23.2 Å². The third kappa shape index (κ3) is 5.44. The first-order valence-corrected chi connectivity index (χ1v) is 12.3. The number of imidazole rings is 1. The van der Waals surface area contributed by atoms with Crippen LogP contribution in [0.2, 0.25) is 10.4 Å². The van der Waals surface area contributed by atoms with Gasteiger partial charge in [-0.25, -0.2) is 19.6 Å². The number of halogens is 2. The molecular weight excluding hydrogens is 519 g/mol. The van der Waals surface area contributed by atoms with Gasteiger partial charge in [0.25, 0.3) is 0 Å². The fraction of sp³-hybridized carbons (Fsp3) is 0.269. The first-order valence-electron chi connectivity index (χ1n) is 11.5. The van der Waals surface area contributed by atoms with E-state index in [-0.39, 0.29) is 23.5 Å². The molecule has 2 aromatic carbocycles. The van der Waals surface area contributed by atoms with E-state index in [0.29, 0.717) is 22.3 Å². The van der Waals surface area contributed by atoms with Crippen LogP contribution in [-0.4, -0.2) is 50.3 Å². The van der Waals surface area contributed by atoms with E-state index < -0.39 is 30.4 Å². The zero-order chi connectivity index (χ0) is 26.1. The summed E-state index contributed by atoms with van der Waals surface area (Å²) in [7, 11) is 0. The zero-order valence-corrected chi connectivity index (χ0v) is 21.4. The summed E-state index contributed by atoms with van der Waals surface area (Å²) in [5.74, 6) is -1.01. The molecule has 0 spiro atoms. The highest BCUT2D eigenvalue weighted by molar-refractivity contribution is 6.35. The third-order valence-corrected chi connectivity index (χ3v) is 6.49. The van der Waals surface area contributed by atoms with E-state index in [0.717, 1.165) is 11.1 Å². The molecule has 0 radical (unpaired) electrons. The highest BCUT2D eigenvalue weighted by atomic mass is 35.5. The highest BCUT2D eigenvalue weighted by Crippen LogP contribution is 2.34. The molecule has 3 unspecified atom stereocenters. The van der Waals surface area contributed by atoms with Gasteiger partial charge in [-0.1, -0.05) is 47.0 Å². The standard InChI is InChI=1S/C26H22Cl2N4O5/c1-14-3-7-16(8-4-14)24(33)35-12-19-18(37-25(34)17-9-5-15(2)6-10-17)11-20(36-19)32-13-29-21-22(27)30-26(28)31-23(21)32/h3-10,13,18-20H,11-12H2,1-2H3. The zero-order valence-electron chi connectivity index (χ0n) is 19.9. The van der Waals surface area contributed by atoms with Crippen LogP contribution in [0, 0.1) is 13.8 Å². The molecule has 9 nitrogen and oxygen atoms in total. The van der Waals surface area contributed by atoms with Gasteiger partial charge in [0.2, 0.25) is 5.28 Å². The van der Waals surface area contributed by atoms with Gasteiger partial charge in [0.1, 0.15) is 30.6 Å². The number of aryl methyl sites for hydroxylation is 2. The molecule has 0 amide bonds. The average Bonchev–Trinajstić information content (AvgIpc) is 3.47. The summed E-state index contributed by atoms with van der Waals surface area (Å²) in [5, 5.41) is 0.0702. The lowest BCUT2D eigenvalue weighted by Crippen LogP contribution is -2.32. The number of fused-ring (bicyclic) bond motifs is 1. The molecule has 3 atom stereocenters. The van der Waals surface area contributed by atoms with E-state index in [4.69, 9.17) is 37.4 Å². The molecular formula is C26H22Cl2N4O5. The summed E-state index contributed by atoms with van der Waals surface area (Å²) >= 11 is 12.2. The fourth-order valence-corrected chi connectivity index (χ4v) is 4.46. The van der Waals surface area contributed by atoms with Crippen molar-refractivity contribution in [3.63, 3.8) is 0 Å². The molecule has 11 heteroatoms. The molecule has 0 N–H and O–H groups in total. The van der Waals surface area contributed by atoms with E-state index in [1.165, 1.54) is 6.33 Å². The number of carbonyl (C=O) groups excluding carboxylic acids is 2. The molecule has 1 saturated heterocycles. The Morgan fingerprint density at radius 1 is 0.973 bits per heavy atom. The lowest BCUT2D eigenvalue weighted by Gasteiger charge is -2.19. The summed E-state index contributed by atoms with van der Waals surface area (Å²) in [6.07, 6.45) is -0.319. The minimum absolute atomic E-state index is 0.0387. The van der Waals surface area contributed by atoms with Crippen molar-refractivity contribution in [3.05, 3.63) is 87.5 Å². The Morgan fingerprint density at radius 2 is 1.59 bits per heavy atom. The van der Waals surface area contributed by atoms with Gasteiger partial charge in [0, 0.05) is 6.42 Å². The molecule has 0 saturated carbocycles. The van der Waals surface area contributed by atoms with Crippen LogP contribution in [0.5, 0.6) is 0 Å². The van der Waals surface area contributed by atoms with Crippen molar-refractivity contribution in [1.82, 2.24) is 19.5 Å². The van der Waals surface area contributed by atoms with Crippen molar-refractivity contribution < 1.29 is 23.8 Å². The summed E-state index contributed by atoms with van der Waals surface area (Å²) in [6.45, 7) is 3.73. The molecule has 37 heavy (non-hydrogen) atoms. The van der Waals surface area contributed by atoms with Gasteiger partial charge in [0.15, 0.2) is 10.8 Å². The van der Waals surface area contributed by atoms with E-state index in [9.17, 15) is 9.59 Å². The van der Waals surface area contributed by atoms with Gasteiger partial charge in [-0.15, -0.1) is 0 Å². The minimum atomic E-state index is -0.737. The predicted molar refractivity (Wildman–Crippen MR) is 136 cm³/mol. The van der Waals surface area contributed by atoms with Crippen molar-refractivity contribution in [3.8, 4) is 0 Å². The monoisotopic (exact) mass is 540 g/mol. The number of aromatic nitrogens is 4. The third-order valence-electron chi connectivity index (χ3n) is 6.05. The van der Waals surface area contributed by atoms with Crippen LogP contribution in [0.4, 0.5) is 0 Å². The maximum Gasteiger partial charge on any atom is 0.338 e. The van der Waals surface area contributed by atoms with Gasteiger partial charge >= 0.3 is 11.9 Å². The van der Waals surface area contributed by atoms with Crippen LogP contribution in [-0.2, 0) is 14.2 Å². The first kappa shape index (κ1) is 25.1. The Hall–Kier alpha value is -3.53. The number of ether oxygens (including phenoxy) is 3. The van der Waals surface area contributed by atoms with Crippen molar-refractivity contribution in [2.24, 2.45) is 0 Å². The number of rotatable bonds is 6. The molecule has 3 heterocycles. The number of esters is 2. The smallest absolute Gasteiger partial charge is 0.338 e. The number of benzene rings is 2. The number of hydrogen-bond acceptors (Lipinski definition) is 8. The van der Waals surface area contributed by atoms with Crippen LogP contribution in [0.3, 0.4) is 0 Å². The quantitative estimate of drug-likeness (QED) is 0.188. The van der Waals surface area contributed by atoms with Gasteiger partial charge < -0.3 is 14.2 Å². The van der Waals surface area contributed by atoms with Gasteiger partial charge in [-0.2, -0.15) is 4.98 Å². The van der Waals surface area contributed by atoms with Gasteiger partial charge in [-0.3, -0.25) is 4.57 Å². The second-order valence-corrected chi connectivity index (χ2v) is 9.44. The van der Waals surface area contributed by atoms with E-state index >= 15 is 0 Å². The molecule has 1 aliphatic rings. The van der Waals surface area contributed by atoms with Crippen molar-refractivity contribution in [2.75, 3.05) is 6.61 Å². The number of hydrogen-bond donors (Lipinski definition) is 0. The molecule has 5 rings (SSSR count).